The molecule has 0 aromatic heterocycles. The molecule has 3 aromatic rings. The zero-order valence-corrected chi connectivity index (χ0v) is 21.5. The van der Waals surface area contributed by atoms with E-state index in [4.69, 9.17) is 0 Å². The van der Waals surface area contributed by atoms with Gasteiger partial charge in [0.2, 0.25) is 0 Å². The van der Waals surface area contributed by atoms with E-state index in [9.17, 15) is 8.42 Å². The second-order valence-electron chi connectivity index (χ2n) is 8.51. The van der Waals surface area contributed by atoms with Gasteiger partial charge in [-0.1, -0.05) is 0 Å². The molecule has 0 heterocycles. The first-order valence-electron chi connectivity index (χ1n) is 10.5. The van der Waals surface area contributed by atoms with Gasteiger partial charge in [-0.3, -0.25) is 0 Å². The molecule has 0 aliphatic carbocycles. The van der Waals surface area contributed by atoms with E-state index in [-0.39, 0.29) is 20.1 Å². The summed E-state index contributed by atoms with van der Waals surface area (Å²) < 4.78 is 31.2. The Morgan fingerprint density at radius 2 is 1.29 bits per heavy atom. The monoisotopic (exact) mass is 462 g/mol. The molecule has 1 atom stereocenters. The SMILES string of the molecule is [CH3][Al+]/[C](=C(\C(NS(=O)(=O)c1ccccc1)c1ccccc1)[Si](C)(C)C)c1ccccc1. The van der Waals surface area contributed by atoms with Gasteiger partial charge in [0.25, 0.3) is 0 Å². The maximum absolute atomic E-state index is 13.4. The minimum absolute atomic E-state index is 0.0156. The number of hydrogen-bond donors (Lipinski definition) is 1. The molecule has 3 rings (SSSR count). The minimum atomic E-state index is -3.69. The van der Waals surface area contributed by atoms with Crippen molar-refractivity contribution in [3.05, 3.63) is 107 Å². The van der Waals surface area contributed by atoms with Crippen LogP contribution in [0.5, 0.6) is 0 Å². The third-order valence-electron chi connectivity index (χ3n) is 5.22. The first kappa shape index (κ1) is 23.7. The van der Waals surface area contributed by atoms with Gasteiger partial charge in [0.05, 0.1) is 0 Å². The fourth-order valence-electron chi connectivity index (χ4n) is 3.85. The average Bonchev–Trinajstić information content (AvgIpc) is 2.77. The molecule has 3 aromatic carbocycles. The van der Waals surface area contributed by atoms with Gasteiger partial charge in [-0.2, -0.15) is 0 Å². The number of hydrogen-bond acceptors (Lipinski definition) is 2. The van der Waals surface area contributed by atoms with Crippen LogP contribution in [0, 0.1) is 0 Å². The topological polar surface area (TPSA) is 46.2 Å². The quantitative estimate of drug-likeness (QED) is 0.434. The molecule has 3 nitrogen and oxygen atoms in total. The zero-order chi connectivity index (χ0) is 22.5. The van der Waals surface area contributed by atoms with Gasteiger partial charge in [0.15, 0.2) is 0 Å². The Morgan fingerprint density at radius 1 is 0.806 bits per heavy atom. The normalized spacial score (nSPS) is 13.8. The van der Waals surface area contributed by atoms with Crippen LogP contribution in [0.3, 0.4) is 0 Å². The number of rotatable bonds is 8. The molecular weight excluding hydrogens is 433 g/mol. The Bertz CT molecular complexity index is 1130. The number of benzene rings is 3. The van der Waals surface area contributed by atoms with Gasteiger partial charge in [0, 0.05) is 0 Å². The van der Waals surface area contributed by atoms with Crippen molar-refractivity contribution >= 4 is 37.8 Å². The van der Waals surface area contributed by atoms with Crippen LogP contribution in [0.15, 0.2) is 101 Å². The van der Waals surface area contributed by atoms with Crippen LogP contribution < -0.4 is 4.72 Å². The molecular formula is C25H29AlNO2SSi+. The van der Waals surface area contributed by atoms with Crippen LogP contribution in [0.1, 0.15) is 17.2 Å². The van der Waals surface area contributed by atoms with Gasteiger partial charge >= 0.3 is 195 Å². The summed E-state index contributed by atoms with van der Waals surface area (Å²) >= 11 is -0.0156. The summed E-state index contributed by atoms with van der Waals surface area (Å²) in [7, 11) is -5.62. The van der Waals surface area contributed by atoms with E-state index in [2.05, 4.69) is 54.4 Å². The molecule has 158 valence electrons. The summed E-state index contributed by atoms with van der Waals surface area (Å²) in [6, 6.07) is 28.6. The van der Waals surface area contributed by atoms with Gasteiger partial charge < -0.3 is 0 Å². The van der Waals surface area contributed by atoms with Crippen LogP contribution in [-0.2, 0) is 10.0 Å². The van der Waals surface area contributed by atoms with Gasteiger partial charge in [-0.15, -0.1) is 0 Å². The summed E-state index contributed by atoms with van der Waals surface area (Å²) in [5.41, 5.74) is 2.16. The predicted octanol–water partition coefficient (Wildman–Crippen LogP) is 5.75. The first-order chi connectivity index (χ1) is 14.7. The fraction of sp³-hybridized carbons (Fsp3) is 0.200. The Kier molecular flexibility index (Phi) is 7.74. The summed E-state index contributed by atoms with van der Waals surface area (Å²) in [5.74, 6) is 2.23. The summed E-state index contributed by atoms with van der Waals surface area (Å²) in [5, 5.41) is 1.25. The third-order valence-corrected chi connectivity index (χ3v) is 10.3. The molecule has 6 heteroatoms. The van der Waals surface area contributed by atoms with Gasteiger partial charge in [-0.25, -0.2) is 0 Å². The standard InChI is InChI=1S/C24H26NO2SSi.CH3.Al/c1-29(2,3)23(19-20-13-7-4-8-14-20)24(21-15-9-5-10-16-21)25-28(26,27)22-17-11-6-12-18-22;;/h4-18,24-25H,1-3H3;1H3;/q;;+1. The molecule has 0 amide bonds. The Hall–Kier alpha value is -1.94. The number of nitrogens with one attached hydrogen (secondary N) is 1. The van der Waals surface area contributed by atoms with E-state index in [0.717, 1.165) is 5.56 Å². The van der Waals surface area contributed by atoms with Crippen molar-refractivity contribution in [1.29, 1.82) is 0 Å². The van der Waals surface area contributed by atoms with Crippen LogP contribution in [0.4, 0.5) is 0 Å². The van der Waals surface area contributed by atoms with Crippen LogP contribution >= 0.6 is 0 Å². The molecule has 0 aliphatic heterocycles. The van der Waals surface area contributed by atoms with Crippen molar-refractivity contribution in [1.82, 2.24) is 4.72 Å². The summed E-state index contributed by atoms with van der Waals surface area (Å²) in [4.78, 5) is 0.288. The van der Waals surface area contributed by atoms with Crippen molar-refractivity contribution in [2.75, 3.05) is 0 Å². The Balaban J connectivity index is 2.24. The van der Waals surface area contributed by atoms with Crippen molar-refractivity contribution in [3.8, 4) is 0 Å². The summed E-state index contributed by atoms with van der Waals surface area (Å²) in [6.45, 7) is 6.90. The van der Waals surface area contributed by atoms with Crippen LogP contribution in [-0.4, -0.2) is 31.7 Å². The predicted molar refractivity (Wildman–Crippen MR) is 134 cm³/mol. The first-order valence-corrected chi connectivity index (χ1v) is 17.2. The zero-order valence-electron chi connectivity index (χ0n) is 18.5. The second-order valence-corrected chi connectivity index (χ2v) is 16.4. The van der Waals surface area contributed by atoms with Crippen LogP contribution in [0.2, 0.25) is 25.4 Å². The van der Waals surface area contributed by atoms with Crippen molar-refractivity contribution in [2.45, 2.75) is 36.4 Å². The van der Waals surface area contributed by atoms with Gasteiger partial charge in [-0.05, 0) is 0 Å². The molecule has 0 spiro atoms. The Labute approximate surface area is 194 Å². The molecule has 1 N–H and O–H groups in total. The molecule has 0 saturated carbocycles. The van der Waals surface area contributed by atoms with Crippen LogP contribution in [0.25, 0.3) is 4.44 Å². The molecule has 0 aliphatic rings. The maximum atomic E-state index is 13.4. The van der Waals surface area contributed by atoms with E-state index in [1.807, 2.05) is 42.5 Å². The van der Waals surface area contributed by atoms with E-state index in [1.165, 1.54) is 15.2 Å². The molecule has 1 unspecified atom stereocenters. The average molecular weight is 463 g/mol. The van der Waals surface area contributed by atoms with Gasteiger partial charge in [0.1, 0.15) is 0 Å². The molecule has 0 saturated heterocycles. The fourth-order valence-corrected chi connectivity index (χ4v) is 9.96. The second kappa shape index (κ2) is 10.1. The molecule has 31 heavy (non-hydrogen) atoms. The van der Waals surface area contributed by atoms with E-state index < -0.39 is 24.1 Å². The summed E-state index contributed by atoms with van der Waals surface area (Å²) in [6.07, 6.45) is 0. The number of sulfonamides is 1. The molecule has 0 bridgehead atoms. The molecule has 0 fully saturated rings. The third kappa shape index (κ3) is 5.85. The van der Waals surface area contributed by atoms with Crippen molar-refractivity contribution in [2.24, 2.45) is 0 Å². The van der Waals surface area contributed by atoms with Crippen molar-refractivity contribution in [3.63, 3.8) is 0 Å². The Morgan fingerprint density at radius 3 is 1.77 bits per heavy atom. The van der Waals surface area contributed by atoms with Crippen molar-refractivity contribution < 1.29 is 8.42 Å². The van der Waals surface area contributed by atoms with E-state index in [0.29, 0.717) is 0 Å². The van der Waals surface area contributed by atoms with E-state index in [1.54, 1.807) is 24.3 Å². The van der Waals surface area contributed by atoms with E-state index >= 15 is 0 Å². The molecule has 0 radical (unpaired) electrons.